The molecule has 0 aliphatic heterocycles. The maximum Gasteiger partial charge on any atom is 0.343 e. The second-order valence-electron chi connectivity index (χ2n) is 8.68. The van der Waals surface area contributed by atoms with E-state index in [2.05, 4.69) is 26.5 Å². The van der Waals surface area contributed by atoms with Crippen molar-refractivity contribution in [1.82, 2.24) is 5.43 Å². The molecule has 4 aromatic carbocycles. The summed E-state index contributed by atoms with van der Waals surface area (Å²) < 4.78 is 17.8. The Morgan fingerprint density at radius 2 is 1.64 bits per heavy atom. The second kappa shape index (κ2) is 13.6. The first-order valence-corrected chi connectivity index (χ1v) is 13.5. The first-order valence-electron chi connectivity index (χ1n) is 12.7. The van der Waals surface area contributed by atoms with Crippen molar-refractivity contribution in [2.75, 3.05) is 6.61 Å². The summed E-state index contributed by atoms with van der Waals surface area (Å²) in [5.74, 6) is 0.876. The summed E-state index contributed by atoms with van der Waals surface area (Å²) in [6.07, 6.45) is 2.18. The van der Waals surface area contributed by atoms with Gasteiger partial charge in [0, 0.05) is 0 Å². The fraction of sp³-hybridized carbons (Fsp3) is 0.194. The molecule has 4 rings (SSSR count). The summed E-state index contributed by atoms with van der Waals surface area (Å²) in [6, 6.07) is 25.4. The molecule has 1 atom stereocenters. The van der Waals surface area contributed by atoms with Crippen molar-refractivity contribution in [3.63, 3.8) is 0 Å². The van der Waals surface area contributed by atoms with Crippen LogP contribution in [0.4, 0.5) is 0 Å². The molecular formula is C31H29BrN2O5. The van der Waals surface area contributed by atoms with Crippen LogP contribution < -0.4 is 19.6 Å². The predicted molar refractivity (Wildman–Crippen MR) is 156 cm³/mol. The average Bonchev–Trinajstić information content (AvgIpc) is 2.97. The molecule has 0 saturated carbocycles. The monoisotopic (exact) mass is 588 g/mol. The van der Waals surface area contributed by atoms with Gasteiger partial charge in [-0.25, -0.2) is 10.2 Å². The highest BCUT2D eigenvalue weighted by Crippen LogP contribution is 2.33. The lowest BCUT2D eigenvalue weighted by molar-refractivity contribution is -0.128. The Labute approximate surface area is 235 Å². The zero-order valence-corrected chi connectivity index (χ0v) is 23.3. The number of carbonyl (C=O) groups is 2. The van der Waals surface area contributed by atoms with Crippen LogP contribution in [-0.2, 0) is 4.79 Å². The maximum atomic E-state index is 12.7. The molecule has 8 heteroatoms. The van der Waals surface area contributed by atoms with E-state index in [1.807, 2.05) is 50.2 Å². The minimum atomic E-state index is -0.714. The topological polar surface area (TPSA) is 86.2 Å². The maximum absolute atomic E-state index is 12.7. The lowest BCUT2D eigenvalue weighted by atomic mass is 10.1. The van der Waals surface area contributed by atoms with E-state index in [0.717, 1.165) is 27.2 Å². The number of benzene rings is 4. The molecule has 200 valence electrons. The van der Waals surface area contributed by atoms with Gasteiger partial charge in [-0.2, -0.15) is 5.10 Å². The van der Waals surface area contributed by atoms with Crippen molar-refractivity contribution < 1.29 is 23.8 Å². The number of amides is 1. The van der Waals surface area contributed by atoms with Crippen LogP contribution in [0, 0.1) is 0 Å². The Morgan fingerprint density at radius 3 is 2.36 bits per heavy atom. The van der Waals surface area contributed by atoms with Crippen LogP contribution in [0.15, 0.2) is 94.5 Å². The Hall–Kier alpha value is -4.17. The van der Waals surface area contributed by atoms with Gasteiger partial charge < -0.3 is 14.2 Å². The molecule has 1 amide bonds. The summed E-state index contributed by atoms with van der Waals surface area (Å²) in [7, 11) is 0. The van der Waals surface area contributed by atoms with Crippen molar-refractivity contribution in [3.8, 4) is 17.2 Å². The van der Waals surface area contributed by atoms with Crippen LogP contribution in [0.3, 0.4) is 0 Å². The number of nitrogens with one attached hydrogen (secondary N) is 1. The third kappa shape index (κ3) is 7.45. The minimum absolute atomic E-state index is 0.356. The summed E-state index contributed by atoms with van der Waals surface area (Å²) in [6.45, 7) is 4.53. The number of ether oxygens (including phenoxy) is 3. The smallest absolute Gasteiger partial charge is 0.343 e. The summed E-state index contributed by atoms with van der Waals surface area (Å²) in [5.41, 5.74) is 3.69. The molecule has 0 aromatic heterocycles. The predicted octanol–water partition coefficient (Wildman–Crippen LogP) is 6.92. The average molecular weight is 589 g/mol. The van der Waals surface area contributed by atoms with Gasteiger partial charge in [-0.05, 0) is 99.7 Å². The number of nitrogens with zero attached hydrogens (tertiary/aromatic N) is 1. The van der Waals surface area contributed by atoms with E-state index in [9.17, 15) is 9.59 Å². The van der Waals surface area contributed by atoms with E-state index in [0.29, 0.717) is 35.8 Å². The van der Waals surface area contributed by atoms with Crippen molar-refractivity contribution in [2.24, 2.45) is 5.10 Å². The van der Waals surface area contributed by atoms with Crippen LogP contribution in [0.25, 0.3) is 10.8 Å². The molecule has 0 saturated heterocycles. The lowest BCUT2D eigenvalue weighted by Crippen LogP contribution is -2.35. The van der Waals surface area contributed by atoms with Crippen molar-refractivity contribution in [3.05, 3.63) is 101 Å². The highest BCUT2D eigenvalue weighted by Gasteiger charge is 2.20. The van der Waals surface area contributed by atoms with Gasteiger partial charge in [0.05, 0.1) is 22.9 Å². The zero-order valence-electron chi connectivity index (χ0n) is 21.7. The van der Waals surface area contributed by atoms with Gasteiger partial charge in [0.1, 0.15) is 17.2 Å². The van der Waals surface area contributed by atoms with Gasteiger partial charge in [0.2, 0.25) is 0 Å². The number of hydrogen-bond donors (Lipinski definition) is 1. The SMILES string of the molecule is CCCOc1ccc(C(=O)Oc2ccc(/C=N\NC(=O)[C@H](CC)Oc3ccc4ccccc4c3Br)cc2)cc1. The number of hydrazone groups is 1. The molecule has 0 unspecified atom stereocenters. The van der Waals surface area contributed by atoms with Gasteiger partial charge in [-0.1, -0.05) is 44.2 Å². The number of carbonyl (C=O) groups excluding carboxylic acids is 2. The van der Waals surface area contributed by atoms with Gasteiger partial charge >= 0.3 is 5.97 Å². The van der Waals surface area contributed by atoms with Gasteiger partial charge in [0.15, 0.2) is 6.10 Å². The fourth-order valence-corrected chi connectivity index (χ4v) is 4.30. The van der Waals surface area contributed by atoms with Crippen LogP contribution in [0.1, 0.15) is 42.6 Å². The van der Waals surface area contributed by atoms with Crippen LogP contribution in [0.5, 0.6) is 17.2 Å². The molecule has 0 bridgehead atoms. The van der Waals surface area contributed by atoms with Gasteiger partial charge in [-0.3, -0.25) is 4.79 Å². The molecule has 0 aliphatic carbocycles. The Bertz CT molecular complexity index is 1450. The number of rotatable bonds is 11. The van der Waals surface area contributed by atoms with E-state index in [-0.39, 0.29) is 5.91 Å². The molecule has 0 radical (unpaired) electrons. The first kappa shape index (κ1) is 27.9. The Kier molecular flexibility index (Phi) is 9.69. The highest BCUT2D eigenvalue weighted by atomic mass is 79.9. The number of hydrogen-bond acceptors (Lipinski definition) is 6. The number of fused-ring (bicyclic) bond motifs is 1. The quantitative estimate of drug-likeness (QED) is 0.0889. The molecule has 39 heavy (non-hydrogen) atoms. The molecule has 0 aliphatic rings. The summed E-state index contributed by atoms with van der Waals surface area (Å²) in [5, 5.41) is 6.14. The van der Waals surface area contributed by atoms with Crippen molar-refractivity contribution in [1.29, 1.82) is 0 Å². The normalized spacial score (nSPS) is 11.8. The van der Waals surface area contributed by atoms with Crippen molar-refractivity contribution in [2.45, 2.75) is 32.8 Å². The van der Waals surface area contributed by atoms with E-state index < -0.39 is 12.1 Å². The first-order chi connectivity index (χ1) is 19.0. The van der Waals surface area contributed by atoms with Crippen molar-refractivity contribution >= 4 is 44.8 Å². The molecule has 4 aromatic rings. The van der Waals surface area contributed by atoms with Crippen LogP contribution >= 0.6 is 15.9 Å². The van der Waals surface area contributed by atoms with Crippen LogP contribution in [0.2, 0.25) is 0 Å². The lowest BCUT2D eigenvalue weighted by Gasteiger charge is -2.17. The number of halogens is 1. The third-order valence-electron chi connectivity index (χ3n) is 5.80. The standard InChI is InChI=1S/C31H29BrN2O5/c1-3-19-37-24-16-11-23(12-17-24)31(36)38-25-14-9-21(10-15-25)20-33-34-30(35)27(4-2)39-28-18-13-22-7-5-6-8-26(22)29(28)32/h5-18,20,27H,3-4,19H2,1-2H3,(H,34,35)/b33-20-/t27-/m0/s1. The minimum Gasteiger partial charge on any atom is -0.494 e. The van der Waals surface area contributed by atoms with E-state index in [1.165, 1.54) is 6.21 Å². The second-order valence-corrected chi connectivity index (χ2v) is 9.47. The highest BCUT2D eigenvalue weighted by molar-refractivity contribution is 9.10. The van der Waals surface area contributed by atoms with E-state index in [1.54, 1.807) is 48.5 Å². The fourth-order valence-electron chi connectivity index (χ4n) is 3.72. The Balaban J connectivity index is 1.30. The number of esters is 1. The zero-order chi connectivity index (χ0) is 27.6. The largest absolute Gasteiger partial charge is 0.494 e. The molecule has 0 heterocycles. The van der Waals surface area contributed by atoms with Crippen LogP contribution in [-0.4, -0.2) is 30.8 Å². The molecular weight excluding hydrogens is 560 g/mol. The molecule has 1 N–H and O–H groups in total. The molecule has 0 fully saturated rings. The Morgan fingerprint density at radius 1 is 0.923 bits per heavy atom. The van der Waals surface area contributed by atoms with E-state index >= 15 is 0 Å². The van der Waals surface area contributed by atoms with E-state index in [4.69, 9.17) is 14.2 Å². The molecule has 7 nitrogen and oxygen atoms in total. The van der Waals surface area contributed by atoms with Gasteiger partial charge in [-0.15, -0.1) is 0 Å². The third-order valence-corrected chi connectivity index (χ3v) is 6.62. The summed E-state index contributed by atoms with van der Waals surface area (Å²) >= 11 is 3.59. The van der Waals surface area contributed by atoms with Gasteiger partial charge in [0.25, 0.3) is 5.91 Å². The summed E-state index contributed by atoms with van der Waals surface area (Å²) in [4.78, 5) is 25.1. The molecule has 0 spiro atoms.